The van der Waals surface area contributed by atoms with E-state index in [2.05, 4.69) is 19.9 Å². The zero-order valence-corrected chi connectivity index (χ0v) is 21.6. The molecule has 0 bridgehead atoms. The highest BCUT2D eigenvalue weighted by molar-refractivity contribution is 6.31. The van der Waals surface area contributed by atoms with Gasteiger partial charge in [0, 0.05) is 42.5 Å². The van der Waals surface area contributed by atoms with E-state index in [9.17, 15) is 9.59 Å². The number of fused-ring (bicyclic) bond motifs is 1. The van der Waals surface area contributed by atoms with Crippen molar-refractivity contribution in [2.24, 2.45) is 0 Å². The van der Waals surface area contributed by atoms with Crippen molar-refractivity contribution in [2.45, 2.75) is 58.7 Å². The summed E-state index contributed by atoms with van der Waals surface area (Å²) in [5, 5.41) is 1.09. The molecule has 3 heterocycles. The average molecular weight is 498 g/mol. The van der Waals surface area contributed by atoms with Crippen molar-refractivity contribution in [2.75, 3.05) is 20.1 Å². The number of hydrogen-bond donors (Lipinski definition) is 1. The van der Waals surface area contributed by atoms with Gasteiger partial charge in [0.1, 0.15) is 5.60 Å². The number of amides is 1. The zero-order valence-electron chi connectivity index (χ0n) is 20.9. The molecule has 1 saturated heterocycles. The Labute approximate surface area is 210 Å². The number of likely N-dealkylation sites (tertiary alicyclic amines) is 1. The van der Waals surface area contributed by atoms with E-state index in [0.717, 1.165) is 35.1 Å². The van der Waals surface area contributed by atoms with Gasteiger partial charge < -0.3 is 19.5 Å². The van der Waals surface area contributed by atoms with E-state index in [1.165, 1.54) is 6.33 Å². The number of aryl methyl sites for hydroxylation is 1. The lowest BCUT2D eigenvalue weighted by Gasteiger charge is -2.31. The van der Waals surface area contributed by atoms with Gasteiger partial charge in [-0.15, -0.1) is 0 Å². The first-order valence-electron chi connectivity index (χ1n) is 11.8. The summed E-state index contributed by atoms with van der Waals surface area (Å²) in [5.41, 5.74) is 3.21. The Balaban J connectivity index is 1.66. The first-order valence-corrected chi connectivity index (χ1v) is 12.2. The lowest BCUT2D eigenvalue weighted by Crippen LogP contribution is -2.44. The molecular weight excluding hydrogens is 466 g/mol. The van der Waals surface area contributed by atoms with Crippen molar-refractivity contribution < 1.29 is 9.53 Å². The molecule has 1 atom stereocenters. The number of halogens is 1. The Morgan fingerprint density at radius 2 is 2.06 bits per heavy atom. The topological polar surface area (TPSA) is 91.4 Å². The van der Waals surface area contributed by atoms with E-state index in [-0.39, 0.29) is 17.7 Å². The van der Waals surface area contributed by atoms with Crippen LogP contribution in [-0.4, -0.2) is 62.6 Å². The van der Waals surface area contributed by atoms with Crippen LogP contribution in [0, 0.1) is 6.92 Å². The highest BCUT2D eigenvalue weighted by atomic mass is 35.5. The Morgan fingerprint density at radius 1 is 1.29 bits per heavy atom. The van der Waals surface area contributed by atoms with Gasteiger partial charge in [-0.1, -0.05) is 17.7 Å². The van der Waals surface area contributed by atoms with E-state index in [4.69, 9.17) is 16.3 Å². The molecule has 1 amide bonds. The molecule has 0 spiro atoms. The summed E-state index contributed by atoms with van der Waals surface area (Å²) in [4.78, 5) is 41.0. The van der Waals surface area contributed by atoms with Gasteiger partial charge in [-0.05, 0) is 76.4 Å². The minimum absolute atomic E-state index is 0.0382. The third kappa shape index (κ3) is 5.82. The molecule has 1 aromatic carbocycles. The summed E-state index contributed by atoms with van der Waals surface area (Å²) in [6.07, 6.45) is 4.69. The SMILES string of the molecule is Cc1cc(Cl)cc(-c2cnc3nc[nH]c(=O)c3c2CN(C)C[C@@H]2CCCN2C(=O)OC(C)(C)C)c1. The monoisotopic (exact) mass is 497 g/mol. The van der Waals surface area contributed by atoms with Crippen molar-refractivity contribution in [3.63, 3.8) is 0 Å². The molecule has 9 heteroatoms. The molecule has 0 radical (unpaired) electrons. The summed E-state index contributed by atoms with van der Waals surface area (Å²) in [6, 6.07) is 5.85. The van der Waals surface area contributed by atoms with Crippen LogP contribution in [0.5, 0.6) is 0 Å². The number of rotatable bonds is 5. The van der Waals surface area contributed by atoms with Crippen LogP contribution >= 0.6 is 11.6 Å². The second-order valence-corrected chi connectivity index (χ2v) is 10.7. The number of nitrogens with zero attached hydrogens (tertiary/aromatic N) is 4. The van der Waals surface area contributed by atoms with E-state index in [1.807, 2.05) is 57.8 Å². The number of ether oxygens (including phenoxy) is 1. The first kappa shape index (κ1) is 25.1. The van der Waals surface area contributed by atoms with Crippen LogP contribution in [0.2, 0.25) is 5.02 Å². The smallest absolute Gasteiger partial charge is 0.410 e. The number of benzene rings is 1. The lowest BCUT2D eigenvalue weighted by molar-refractivity contribution is 0.0201. The maximum absolute atomic E-state index is 12.9. The summed E-state index contributed by atoms with van der Waals surface area (Å²) in [6.45, 7) is 9.42. The molecule has 2 aromatic heterocycles. The fourth-order valence-corrected chi connectivity index (χ4v) is 4.97. The fourth-order valence-electron chi connectivity index (χ4n) is 4.68. The van der Waals surface area contributed by atoms with Crippen LogP contribution in [0.15, 0.2) is 35.5 Å². The van der Waals surface area contributed by atoms with Crippen LogP contribution in [0.25, 0.3) is 22.2 Å². The molecule has 1 fully saturated rings. The summed E-state index contributed by atoms with van der Waals surface area (Å²) >= 11 is 6.35. The number of nitrogens with one attached hydrogen (secondary N) is 1. The van der Waals surface area contributed by atoms with Gasteiger partial charge in [0.25, 0.3) is 5.56 Å². The van der Waals surface area contributed by atoms with Crippen molar-refractivity contribution >= 4 is 28.7 Å². The lowest BCUT2D eigenvalue weighted by atomic mass is 9.97. The highest BCUT2D eigenvalue weighted by Crippen LogP contribution is 2.31. The molecule has 1 N–H and O–H groups in total. The molecule has 4 rings (SSSR count). The summed E-state index contributed by atoms with van der Waals surface area (Å²) < 4.78 is 5.62. The standard InChI is InChI=1S/C26H32ClN5O3/c1-16-9-17(11-18(27)10-16)20-12-28-23-22(24(33)30-15-29-23)21(20)14-31(5)13-19-7-6-8-32(19)25(34)35-26(2,3)4/h9-12,15,19H,6-8,13-14H2,1-5H3,(H,28,29,30,33)/t19-/m0/s1. The van der Waals surface area contributed by atoms with Gasteiger partial charge in [0.2, 0.25) is 0 Å². The predicted molar refractivity (Wildman–Crippen MR) is 138 cm³/mol. The molecule has 0 saturated carbocycles. The van der Waals surface area contributed by atoms with Gasteiger partial charge in [0.05, 0.1) is 11.7 Å². The number of likely N-dealkylation sites (N-methyl/N-ethyl adjacent to an activating group) is 1. The van der Waals surface area contributed by atoms with Gasteiger partial charge in [-0.3, -0.25) is 4.79 Å². The second kappa shape index (κ2) is 9.95. The number of carbonyl (C=O) groups excluding carboxylic acids is 1. The second-order valence-electron chi connectivity index (χ2n) is 10.3. The Bertz CT molecular complexity index is 1280. The van der Waals surface area contributed by atoms with E-state index >= 15 is 0 Å². The van der Waals surface area contributed by atoms with Gasteiger partial charge in [-0.2, -0.15) is 0 Å². The predicted octanol–water partition coefficient (Wildman–Crippen LogP) is 4.78. The van der Waals surface area contributed by atoms with Crippen LogP contribution in [0.3, 0.4) is 0 Å². The third-order valence-electron chi connectivity index (χ3n) is 6.08. The Morgan fingerprint density at radius 3 is 2.77 bits per heavy atom. The molecule has 3 aromatic rings. The molecule has 8 nitrogen and oxygen atoms in total. The van der Waals surface area contributed by atoms with E-state index < -0.39 is 5.60 Å². The van der Waals surface area contributed by atoms with Crippen molar-refractivity contribution in [1.82, 2.24) is 24.8 Å². The summed E-state index contributed by atoms with van der Waals surface area (Å²) in [7, 11) is 2.00. The van der Waals surface area contributed by atoms with Crippen LogP contribution in [0.1, 0.15) is 44.7 Å². The van der Waals surface area contributed by atoms with Crippen LogP contribution < -0.4 is 5.56 Å². The Hall–Kier alpha value is -2.97. The molecule has 35 heavy (non-hydrogen) atoms. The molecule has 1 aliphatic heterocycles. The number of H-pyrrole nitrogens is 1. The van der Waals surface area contributed by atoms with Gasteiger partial charge in [0.15, 0.2) is 5.65 Å². The summed E-state index contributed by atoms with van der Waals surface area (Å²) in [5.74, 6) is 0. The minimum Gasteiger partial charge on any atom is -0.444 e. The average Bonchev–Trinajstić information content (AvgIpc) is 3.20. The fraction of sp³-hybridized carbons (Fsp3) is 0.462. The first-order chi connectivity index (χ1) is 16.5. The zero-order chi connectivity index (χ0) is 25.3. The molecule has 0 unspecified atom stereocenters. The molecule has 0 aliphatic carbocycles. The number of aromatic nitrogens is 3. The van der Waals surface area contributed by atoms with Crippen molar-refractivity contribution in [3.8, 4) is 11.1 Å². The van der Waals surface area contributed by atoms with Gasteiger partial charge >= 0.3 is 6.09 Å². The largest absolute Gasteiger partial charge is 0.444 e. The molecule has 1 aliphatic rings. The van der Waals surface area contributed by atoms with Crippen LogP contribution in [-0.2, 0) is 11.3 Å². The number of hydrogen-bond acceptors (Lipinski definition) is 6. The quantitative estimate of drug-likeness (QED) is 0.545. The normalized spacial score (nSPS) is 16.3. The Kier molecular flexibility index (Phi) is 7.15. The van der Waals surface area contributed by atoms with Crippen LogP contribution in [0.4, 0.5) is 4.79 Å². The minimum atomic E-state index is -0.538. The molecule has 186 valence electrons. The number of carbonyl (C=O) groups is 1. The highest BCUT2D eigenvalue weighted by Gasteiger charge is 2.33. The third-order valence-corrected chi connectivity index (χ3v) is 6.30. The number of pyridine rings is 1. The van der Waals surface area contributed by atoms with Crippen molar-refractivity contribution in [1.29, 1.82) is 0 Å². The maximum Gasteiger partial charge on any atom is 0.410 e. The van der Waals surface area contributed by atoms with E-state index in [0.29, 0.717) is 35.7 Å². The van der Waals surface area contributed by atoms with Gasteiger partial charge in [-0.25, -0.2) is 14.8 Å². The maximum atomic E-state index is 12.9. The van der Waals surface area contributed by atoms with Crippen molar-refractivity contribution in [3.05, 3.63) is 57.2 Å². The van der Waals surface area contributed by atoms with E-state index in [1.54, 1.807) is 6.20 Å². The molecular formula is C26H32ClN5O3. The number of aromatic amines is 1.